The predicted octanol–water partition coefficient (Wildman–Crippen LogP) is 6.16. The number of rotatable bonds is 4. The van der Waals surface area contributed by atoms with Gasteiger partial charge in [0.15, 0.2) is 11.6 Å². The third-order valence-corrected chi connectivity index (χ3v) is 6.12. The Bertz CT molecular complexity index is 905. The van der Waals surface area contributed by atoms with Gasteiger partial charge in [-0.1, -0.05) is 38.5 Å². The van der Waals surface area contributed by atoms with Crippen LogP contribution >= 0.6 is 0 Å². The molecule has 0 amide bonds. The van der Waals surface area contributed by atoms with E-state index in [1.54, 1.807) is 0 Å². The fourth-order valence-electron chi connectivity index (χ4n) is 4.22. The summed E-state index contributed by atoms with van der Waals surface area (Å²) in [6.45, 7) is 9.94. The Hall–Kier alpha value is -2.89. The summed E-state index contributed by atoms with van der Waals surface area (Å²) in [7, 11) is 0. The molecule has 1 aliphatic carbocycles. The minimum atomic E-state index is -0.597. The molecule has 0 saturated carbocycles. The molecule has 5 nitrogen and oxygen atoms in total. The molecule has 1 aromatic carbocycles. The van der Waals surface area contributed by atoms with Gasteiger partial charge in [0.2, 0.25) is 5.95 Å². The summed E-state index contributed by atoms with van der Waals surface area (Å²) in [6.07, 6.45) is 15.6. The zero-order valence-electron chi connectivity index (χ0n) is 19.1. The Morgan fingerprint density at radius 1 is 1.00 bits per heavy atom. The number of aryl methyl sites for hydroxylation is 2. The van der Waals surface area contributed by atoms with Gasteiger partial charge in [0.1, 0.15) is 0 Å². The summed E-state index contributed by atoms with van der Waals surface area (Å²) in [5, 5.41) is 3.10. The van der Waals surface area contributed by atoms with Crippen LogP contribution in [0.4, 0.5) is 21.8 Å². The van der Waals surface area contributed by atoms with Crippen molar-refractivity contribution in [1.29, 1.82) is 0 Å². The van der Waals surface area contributed by atoms with E-state index in [0.29, 0.717) is 5.95 Å². The van der Waals surface area contributed by atoms with E-state index in [1.807, 2.05) is 12.1 Å². The van der Waals surface area contributed by atoms with Crippen LogP contribution in [0.5, 0.6) is 0 Å². The fourth-order valence-corrected chi connectivity index (χ4v) is 4.22. The Morgan fingerprint density at radius 2 is 1.66 bits per heavy atom. The third kappa shape index (κ3) is 7.08. The van der Waals surface area contributed by atoms with Gasteiger partial charge in [-0.2, -0.15) is 4.98 Å². The highest BCUT2D eigenvalue weighted by molar-refractivity contribution is 5.57. The molecular weight excluding hydrogens is 401 g/mol. The lowest BCUT2D eigenvalue weighted by Crippen LogP contribution is -2.27. The van der Waals surface area contributed by atoms with E-state index < -0.39 is 5.82 Å². The van der Waals surface area contributed by atoms with Crippen molar-refractivity contribution >= 4 is 17.5 Å². The van der Waals surface area contributed by atoms with Crippen LogP contribution in [0.15, 0.2) is 49.3 Å². The van der Waals surface area contributed by atoms with Crippen LogP contribution in [0.25, 0.3) is 0 Å². The number of benzene rings is 1. The first-order valence-electron chi connectivity index (χ1n) is 11.8. The van der Waals surface area contributed by atoms with E-state index in [0.717, 1.165) is 30.4 Å². The number of likely N-dealkylation sites (tertiary alicyclic amines) is 1. The van der Waals surface area contributed by atoms with Gasteiger partial charge in [0, 0.05) is 24.5 Å². The van der Waals surface area contributed by atoms with Crippen molar-refractivity contribution in [3.63, 3.8) is 0 Å². The molecule has 1 aliphatic heterocycles. The molecule has 172 valence electrons. The average molecular weight is 438 g/mol. The summed E-state index contributed by atoms with van der Waals surface area (Å²) in [4.78, 5) is 10.1. The van der Waals surface area contributed by atoms with Gasteiger partial charge >= 0.3 is 0 Å². The Morgan fingerprint density at radius 3 is 2.34 bits per heavy atom. The second-order valence-corrected chi connectivity index (χ2v) is 8.55. The van der Waals surface area contributed by atoms with Gasteiger partial charge in [-0.3, -0.25) is 0 Å². The van der Waals surface area contributed by atoms with E-state index in [4.69, 9.17) is 5.73 Å². The Kier molecular flexibility index (Phi) is 9.08. The maximum absolute atomic E-state index is 13.1. The molecule has 0 unspecified atom stereocenters. The van der Waals surface area contributed by atoms with Gasteiger partial charge in [-0.05, 0) is 74.3 Å². The number of anilines is 3. The number of nitrogen functional groups attached to an aromatic ring is 1. The number of halogens is 1. The summed E-state index contributed by atoms with van der Waals surface area (Å²) in [5.41, 5.74) is 10.3. The molecule has 1 saturated heterocycles. The quantitative estimate of drug-likeness (QED) is 0.561. The molecule has 0 atom stereocenters. The van der Waals surface area contributed by atoms with Crippen molar-refractivity contribution in [3.05, 3.63) is 66.3 Å². The SMILES string of the molecule is C=CC(=C)N1CCCCC1.Nc1nc(Nc2ccc3c(c2)CCCCCCC3)ncc1F. The number of nitrogens with two attached hydrogens (primary N) is 1. The lowest BCUT2D eigenvalue weighted by Gasteiger charge is -2.28. The number of hydrogen-bond acceptors (Lipinski definition) is 5. The topological polar surface area (TPSA) is 67.1 Å². The van der Waals surface area contributed by atoms with Crippen LogP contribution in [-0.2, 0) is 12.8 Å². The maximum Gasteiger partial charge on any atom is 0.229 e. The molecule has 0 bridgehead atoms. The molecular formula is C26H36FN5. The highest BCUT2D eigenvalue weighted by Crippen LogP contribution is 2.24. The molecule has 0 radical (unpaired) electrons. The van der Waals surface area contributed by atoms with E-state index in [-0.39, 0.29) is 5.82 Å². The van der Waals surface area contributed by atoms with Crippen molar-refractivity contribution in [2.24, 2.45) is 0 Å². The molecule has 2 heterocycles. The standard InChI is InChI=1S/C17H21FN4.C9H15N/c18-15-11-20-17(22-16(15)19)21-14-9-8-12-6-4-2-1-3-5-7-13(12)10-14;1-3-9(2)10-7-5-4-6-8-10/h8-11H,1-7H2,(H3,19,20,21,22);3H,1-2,4-8H2. The second-order valence-electron chi connectivity index (χ2n) is 8.55. The minimum Gasteiger partial charge on any atom is -0.381 e. The molecule has 1 aromatic heterocycles. The first kappa shape index (κ1) is 23.8. The fraction of sp³-hybridized carbons (Fsp3) is 0.462. The normalized spacial score (nSPS) is 16.3. The molecule has 0 spiro atoms. The lowest BCUT2D eigenvalue weighted by atomic mass is 9.99. The maximum atomic E-state index is 13.1. The molecule has 6 heteroatoms. The van der Waals surface area contributed by atoms with Crippen LogP contribution in [0, 0.1) is 5.82 Å². The number of allylic oxidation sites excluding steroid dienone is 1. The highest BCUT2D eigenvalue weighted by atomic mass is 19.1. The van der Waals surface area contributed by atoms with E-state index in [2.05, 4.69) is 45.5 Å². The Labute approximate surface area is 191 Å². The van der Waals surface area contributed by atoms with Gasteiger partial charge in [-0.15, -0.1) is 0 Å². The zero-order valence-corrected chi connectivity index (χ0v) is 19.1. The van der Waals surface area contributed by atoms with E-state index in [1.165, 1.54) is 75.6 Å². The van der Waals surface area contributed by atoms with Gasteiger partial charge < -0.3 is 16.0 Å². The zero-order chi connectivity index (χ0) is 22.8. The summed E-state index contributed by atoms with van der Waals surface area (Å²) in [6, 6.07) is 6.36. The molecule has 4 rings (SSSR count). The molecule has 32 heavy (non-hydrogen) atoms. The van der Waals surface area contributed by atoms with Crippen molar-refractivity contribution in [2.75, 3.05) is 24.1 Å². The van der Waals surface area contributed by atoms with Crippen LogP contribution in [0.3, 0.4) is 0 Å². The number of fused-ring (bicyclic) bond motifs is 1. The Balaban J connectivity index is 0.000000243. The monoisotopic (exact) mass is 437 g/mol. The van der Waals surface area contributed by atoms with Crippen LogP contribution in [0.2, 0.25) is 0 Å². The van der Waals surface area contributed by atoms with Crippen LogP contribution in [0.1, 0.15) is 62.5 Å². The first-order valence-corrected chi connectivity index (χ1v) is 11.8. The number of nitrogens with zero attached hydrogens (tertiary/aromatic N) is 3. The largest absolute Gasteiger partial charge is 0.381 e. The van der Waals surface area contributed by atoms with Crippen LogP contribution in [-0.4, -0.2) is 28.0 Å². The van der Waals surface area contributed by atoms with Crippen molar-refractivity contribution < 1.29 is 4.39 Å². The summed E-state index contributed by atoms with van der Waals surface area (Å²) >= 11 is 0. The highest BCUT2D eigenvalue weighted by Gasteiger charge is 2.10. The molecule has 2 aromatic rings. The van der Waals surface area contributed by atoms with E-state index in [9.17, 15) is 4.39 Å². The number of nitrogens with one attached hydrogen (secondary N) is 1. The van der Waals surface area contributed by atoms with Crippen molar-refractivity contribution in [2.45, 2.75) is 64.2 Å². The molecule has 2 aliphatic rings. The number of aromatic nitrogens is 2. The first-order chi connectivity index (χ1) is 15.6. The van der Waals surface area contributed by atoms with Gasteiger partial charge in [-0.25, -0.2) is 9.37 Å². The smallest absolute Gasteiger partial charge is 0.229 e. The molecule has 1 fully saturated rings. The predicted molar refractivity (Wildman–Crippen MR) is 131 cm³/mol. The second kappa shape index (κ2) is 12.2. The van der Waals surface area contributed by atoms with Crippen molar-refractivity contribution in [1.82, 2.24) is 14.9 Å². The van der Waals surface area contributed by atoms with Gasteiger partial charge in [0.25, 0.3) is 0 Å². The average Bonchev–Trinajstić information content (AvgIpc) is 2.94. The van der Waals surface area contributed by atoms with Crippen molar-refractivity contribution in [3.8, 4) is 0 Å². The lowest BCUT2D eigenvalue weighted by molar-refractivity contribution is 0.294. The number of piperidine rings is 1. The number of hydrogen-bond donors (Lipinski definition) is 2. The summed E-state index contributed by atoms with van der Waals surface area (Å²) < 4.78 is 13.1. The third-order valence-electron chi connectivity index (χ3n) is 6.12. The molecule has 3 N–H and O–H groups in total. The summed E-state index contributed by atoms with van der Waals surface area (Å²) in [5.74, 6) is -0.415. The minimum absolute atomic E-state index is 0.139. The van der Waals surface area contributed by atoms with Gasteiger partial charge in [0.05, 0.1) is 6.20 Å². The van der Waals surface area contributed by atoms with E-state index >= 15 is 0 Å². The van der Waals surface area contributed by atoms with Crippen LogP contribution < -0.4 is 11.1 Å².